The lowest BCUT2D eigenvalue weighted by Gasteiger charge is -2.43. The third kappa shape index (κ3) is 4.79. The SMILES string of the molecule is C1=c2oc3c(N(c4ccccc4)c4ccc5ccccc5c4)ccc(-c4ccc(N5c6c(sc7ccccc67)C5c5ccccc5)cc4)c3c2=CCC1. The van der Waals surface area contributed by atoms with Crippen LogP contribution in [0.25, 0.3) is 55.1 Å². The van der Waals surface area contributed by atoms with E-state index in [-0.39, 0.29) is 6.04 Å². The molecule has 0 fully saturated rings. The normalized spacial score (nSPS) is 14.7. The van der Waals surface area contributed by atoms with Crippen molar-refractivity contribution >= 4 is 83.8 Å². The molecule has 11 rings (SSSR count). The predicted molar refractivity (Wildman–Crippen MR) is 224 cm³/mol. The average Bonchev–Trinajstić information content (AvgIpc) is 3.76. The fourth-order valence-corrected chi connectivity index (χ4v) is 9.76. The van der Waals surface area contributed by atoms with Gasteiger partial charge in [0.1, 0.15) is 5.42 Å². The number of nitrogens with zero attached hydrogens (tertiary/aromatic N) is 2. The van der Waals surface area contributed by atoms with Gasteiger partial charge in [-0.05, 0) is 94.9 Å². The Morgan fingerprint density at radius 3 is 2.21 bits per heavy atom. The molecule has 9 aromatic rings. The van der Waals surface area contributed by atoms with Crippen molar-refractivity contribution in [2.45, 2.75) is 18.9 Å². The summed E-state index contributed by atoms with van der Waals surface area (Å²) in [6.07, 6.45) is 6.60. The maximum Gasteiger partial charge on any atom is 0.160 e. The summed E-state index contributed by atoms with van der Waals surface area (Å²) in [5.41, 5.74) is 11.3. The Bertz CT molecular complexity index is 2960. The highest BCUT2D eigenvalue weighted by Crippen LogP contribution is 2.58. The van der Waals surface area contributed by atoms with Gasteiger partial charge in [0.15, 0.2) is 5.58 Å². The third-order valence-corrected chi connectivity index (χ3v) is 12.1. The summed E-state index contributed by atoms with van der Waals surface area (Å²) in [4.78, 5) is 6.30. The van der Waals surface area contributed by atoms with Crippen molar-refractivity contribution in [3.05, 3.63) is 185 Å². The molecule has 2 aromatic heterocycles. The van der Waals surface area contributed by atoms with Crippen LogP contribution in [0.4, 0.5) is 28.4 Å². The van der Waals surface area contributed by atoms with Crippen LogP contribution in [-0.2, 0) is 0 Å². The van der Waals surface area contributed by atoms with Gasteiger partial charge in [-0.3, -0.25) is 0 Å². The van der Waals surface area contributed by atoms with Crippen LogP contribution in [0.3, 0.4) is 0 Å². The van der Waals surface area contributed by atoms with Crippen molar-refractivity contribution in [3.8, 4) is 11.1 Å². The molecule has 1 atom stereocenters. The van der Waals surface area contributed by atoms with E-state index in [1.54, 1.807) is 0 Å². The van der Waals surface area contributed by atoms with Crippen LogP contribution in [-0.4, -0.2) is 0 Å². The Morgan fingerprint density at radius 2 is 1.36 bits per heavy atom. The molecule has 53 heavy (non-hydrogen) atoms. The number of anilines is 5. The molecule has 3 nitrogen and oxygen atoms in total. The largest absolute Gasteiger partial charge is 0.454 e. The van der Waals surface area contributed by atoms with Gasteiger partial charge in [-0.2, -0.15) is 0 Å². The van der Waals surface area contributed by atoms with Crippen LogP contribution >= 0.6 is 11.3 Å². The van der Waals surface area contributed by atoms with Gasteiger partial charge in [0.05, 0.1) is 22.3 Å². The second-order valence-corrected chi connectivity index (χ2v) is 15.0. The standard InChI is InChI=1S/C49H34N2OS/c1-3-14-34(15-4-1)46-49-47(41-20-10-12-22-44(41)53-49)51(46)37-26-24-33(25-27-37)39-29-30-42(48-45(39)40-19-9-11-21-43(40)52-48)50(36-17-5-2-6-18-36)38-28-23-32-13-7-8-16-35(32)31-38/h1-8,10,12-31,46H,9,11H2. The lowest BCUT2D eigenvalue weighted by molar-refractivity contribution is 0.572. The van der Waals surface area contributed by atoms with Gasteiger partial charge >= 0.3 is 0 Å². The molecule has 1 aliphatic heterocycles. The molecule has 252 valence electrons. The molecule has 0 amide bonds. The molecule has 4 heteroatoms. The van der Waals surface area contributed by atoms with Crippen molar-refractivity contribution in [2.24, 2.45) is 0 Å². The van der Waals surface area contributed by atoms with Gasteiger partial charge in [0.2, 0.25) is 0 Å². The summed E-state index contributed by atoms with van der Waals surface area (Å²) in [6.45, 7) is 0. The van der Waals surface area contributed by atoms with Crippen LogP contribution in [0, 0.1) is 0 Å². The fourth-order valence-electron chi connectivity index (χ4n) is 8.44. The molecule has 3 heterocycles. The lowest BCUT2D eigenvalue weighted by Crippen LogP contribution is -2.33. The highest BCUT2D eigenvalue weighted by Gasteiger charge is 2.40. The van der Waals surface area contributed by atoms with E-state index in [1.165, 1.54) is 64.4 Å². The molecule has 0 saturated heterocycles. The van der Waals surface area contributed by atoms with Crippen LogP contribution in [0.1, 0.15) is 29.3 Å². The Morgan fingerprint density at radius 1 is 0.623 bits per heavy atom. The third-order valence-electron chi connectivity index (χ3n) is 10.9. The van der Waals surface area contributed by atoms with Crippen LogP contribution in [0.15, 0.2) is 168 Å². The quantitative estimate of drug-likeness (QED) is 0.172. The summed E-state index contributed by atoms with van der Waals surface area (Å²) in [5, 5.41) is 6.12. The minimum atomic E-state index is 0.200. The molecule has 1 unspecified atom stereocenters. The maximum absolute atomic E-state index is 6.88. The predicted octanol–water partition coefficient (Wildman–Crippen LogP) is 12.5. The number of hydrogen-bond donors (Lipinski definition) is 0. The second-order valence-electron chi connectivity index (χ2n) is 13.9. The maximum atomic E-state index is 6.88. The summed E-state index contributed by atoms with van der Waals surface area (Å²) in [5.74, 6) is 0. The van der Waals surface area contributed by atoms with Crippen LogP contribution in [0.2, 0.25) is 0 Å². The lowest BCUT2D eigenvalue weighted by atomic mass is 9.92. The van der Waals surface area contributed by atoms with Gasteiger partial charge in [-0.1, -0.05) is 121 Å². The van der Waals surface area contributed by atoms with Gasteiger partial charge in [-0.25, -0.2) is 0 Å². The van der Waals surface area contributed by atoms with Crippen molar-refractivity contribution in [3.63, 3.8) is 0 Å². The van der Waals surface area contributed by atoms with Gasteiger partial charge in [0.25, 0.3) is 0 Å². The van der Waals surface area contributed by atoms with E-state index in [9.17, 15) is 0 Å². The first-order chi connectivity index (χ1) is 26.3. The fraction of sp³-hybridized carbons (Fsp3) is 0.0612. The number of benzene rings is 7. The zero-order valence-electron chi connectivity index (χ0n) is 28.9. The number of para-hydroxylation sites is 1. The summed E-state index contributed by atoms with van der Waals surface area (Å²) in [7, 11) is 0. The van der Waals surface area contributed by atoms with E-state index in [1.807, 2.05) is 11.3 Å². The van der Waals surface area contributed by atoms with Gasteiger partial charge < -0.3 is 14.2 Å². The van der Waals surface area contributed by atoms with E-state index >= 15 is 0 Å². The van der Waals surface area contributed by atoms with E-state index in [0.29, 0.717) is 0 Å². The minimum absolute atomic E-state index is 0.200. The minimum Gasteiger partial charge on any atom is -0.454 e. The summed E-state index contributed by atoms with van der Waals surface area (Å²) >= 11 is 1.92. The Kier molecular flexibility index (Phi) is 6.92. The Hall–Kier alpha value is -6.36. The zero-order valence-corrected chi connectivity index (χ0v) is 29.8. The van der Waals surface area contributed by atoms with Crippen molar-refractivity contribution in [1.82, 2.24) is 0 Å². The van der Waals surface area contributed by atoms with Crippen molar-refractivity contribution in [1.29, 1.82) is 0 Å². The number of fused-ring (bicyclic) bond motifs is 7. The Labute approximate surface area is 311 Å². The van der Waals surface area contributed by atoms with E-state index < -0.39 is 0 Å². The van der Waals surface area contributed by atoms with Gasteiger partial charge in [0, 0.05) is 37.8 Å². The highest BCUT2D eigenvalue weighted by molar-refractivity contribution is 7.20. The van der Waals surface area contributed by atoms with Crippen LogP contribution < -0.4 is 20.4 Å². The summed E-state index contributed by atoms with van der Waals surface area (Å²) in [6, 6.07) is 59.5. The van der Waals surface area contributed by atoms with Gasteiger partial charge in [-0.15, -0.1) is 11.3 Å². The first kappa shape index (κ1) is 30.3. The topological polar surface area (TPSA) is 19.6 Å². The van der Waals surface area contributed by atoms with Crippen molar-refractivity contribution < 1.29 is 4.42 Å². The number of furan rings is 1. The number of rotatable bonds is 6. The number of hydrogen-bond acceptors (Lipinski definition) is 4. The molecule has 0 radical (unpaired) electrons. The first-order valence-electron chi connectivity index (χ1n) is 18.4. The molecule has 0 bridgehead atoms. The smallest absolute Gasteiger partial charge is 0.160 e. The van der Waals surface area contributed by atoms with E-state index in [4.69, 9.17) is 4.42 Å². The van der Waals surface area contributed by atoms with E-state index in [0.717, 1.165) is 40.9 Å². The monoisotopic (exact) mass is 698 g/mol. The molecular weight excluding hydrogens is 665 g/mol. The molecule has 2 aliphatic rings. The number of thiophene rings is 1. The average molecular weight is 699 g/mol. The molecule has 0 N–H and O–H groups in total. The Balaban J connectivity index is 1.06. The molecule has 0 saturated carbocycles. The van der Waals surface area contributed by atoms with E-state index in [2.05, 4.69) is 186 Å². The zero-order chi connectivity index (χ0) is 34.9. The highest BCUT2D eigenvalue weighted by atomic mass is 32.1. The molecular formula is C49H34N2OS. The molecule has 7 aromatic carbocycles. The first-order valence-corrected chi connectivity index (χ1v) is 19.2. The molecule has 1 aliphatic carbocycles. The van der Waals surface area contributed by atoms with Crippen LogP contribution in [0.5, 0.6) is 0 Å². The summed E-state index contributed by atoms with van der Waals surface area (Å²) < 4.78 is 8.22. The van der Waals surface area contributed by atoms with Crippen molar-refractivity contribution in [2.75, 3.05) is 9.80 Å². The molecule has 0 spiro atoms. The second kappa shape index (κ2) is 12.1.